The molecule has 3 aliphatic rings. The Kier molecular flexibility index (Phi) is 4.74. The van der Waals surface area contributed by atoms with Gasteiger partial charge in [-0.05, 0) is 38.5 Å². The van der Waals surface area contributed by atoms with Crippen LogP contribution in [0.5, 0.6) is 0 Å². The Hall–Kier alpha value is -1.56. The molecule has 1 saturated carbocycles. The average molecular weight is 331 g/mol. The highest BCUT2D eigenvalue weighted by atomic mass is 16.2. The molecule has 0 spiro atoms. The predicted molar refractivity (Wildman–Crippen MR) is 92.7 cm³/mol. The van der Waals surface area contributed by atoms with E-state index in [4.69, 9.17) is 0 Å². The number of H-pyrrole nitrogens is 1. The number of carbonyl (C=O) groups excluding carboxylic acids is 1. The number of nitrogens with one attached hydrogen (secondary N) is 2. The number of likely N-dealkylation sites (tertiary alicyclic amines) is 2. The van der Waals surface area contributed by atoms with Crippen LogP contribution in [-0.4, -0.2) is 57.7 Å². The molecule has 2 N–H and O–H groups in total. The monoisotopic (exact) mass is 331 g/mol. The van der Waals surface area contributed by atoms with Crippen molar-refractivity contribution in [3.63, 3.8) is 0 Å². The van der Waals surface area contributed by atoms with E-state index in [1.807, 2.05) is 17.3 Å². The van der Waals surface area contributed by atoms with Crippen LogP contribution in [0.25, 0.3) is 0 Å². The van der Waals surface area contributed by atoms with E-state index in [9.17, 15) is 4.79 Å². The van der Waals surface area contributed by atoms with Gasteiger partial charge in [0.15, 0.2) is 0 Å². The zero-order valence-corrected chi connectivity index (χ0v) is 14.4. The number of hydrogen-bond donors (Lipinski definition) is 2. The van der Waals surface area contributed by atoms with Crippen LogP contribution in [0.4, 0.5) is 4.79 Å². The third kappa shape index (κ3) is 3.29. The maximum atomic E-state index is 12.9. The van der Waals surface area contributed by atoms with Crippen molar-refractivity contribution < 1.29 is 4.79 Å². The van der Waals surface area contributed by atoms with Gasteiger partial charge in [0.05, 0.1) is 12.2 Å². The minimum absolute atomic E-state index is 0.110. The number of aromatic nitrogens is 2. The highest BCUT2D eigenvalue weighted by molar-refractivity contribution is 5.75. The Bertz CT molecular complexity index is 540. The van der Waals surface area contributed by atoms with Gasteiger partial charge in [0.2, 0.25) is 0 Å². The molecule has 0 aromatic carbocycles. The summed E-state index contributed by atoms with van der Waals surface area (Å²) in [6, 6.07) is 1.36. The summed E-state index contributed by atoms with van der Waals surface area (Å²) >= 11 is 0. The fourth-order valence-electron chi connectivity index (χ4n) is 4.73. The number of piperidine rings is 1. The Morgan fingerprint density at radius 1 is 1.12 bits per heavy atom. The van der Waals surface area contributed by atoms with Crippen LogP contribution in [0, 0.1) is 0 Å². The first kappa shape index (κ1) is 15.9. The minimum atomic E-state index is 0.110. The molecule has 2 aliphatic heterocycles. The van der Waals surface area contributed by atoms with Crippen LogP contribution in [-0.2, 0) is 0 Å². The summed E-state index contributed by atoms with van der Waals surface area (Å²) in [6.45, 7) is 3.02. The van der Waals surface area contributed by atoms with Gasteiger partial charge >= 0.3 is 6.03 Å². The van der Waals surface area contributed by atoms with Crippen LogP contribution in [0.2, 0.25) is 0 Å². The van der Waals surface area contributed by atoms with Crippen molar-refractivity contribution in [2.75, 3.05) is 19.6 Å². The zero-order valence-electron chi connectivity index (χ0n) is 14.4. The van der Waals surface area contributed by atoms with Crippen molar-refractivity contribution in [2.45, 2.75) is 69.5 Å². The summed E-state index contributed by atoms with van der Waals surface area (Å²) < 4.78 is 0. The van der Waals surface area contributed by atoms with Gasteiger partial charge in [0, 0.05) is 43.5 Å². The maximum Gasteiger partial charge on any atom is 0.318 e. The van der Waals surface area contributed by atoms with Crippen molar-refractivity contribution in [1.29, 1.82) is 0 Å². The molecule has 0 unspecified atom stereocenters. The molecular formula is C18H29N5O. The van der Waals surface area contributed by atoms with Gasteiger partial charge in [-0.25, -0.2) is 4.79 Å². The van der Waals surface area contributed by atoms with E-state index < -0.39 is 0 Å². The van der Waals surface area contributed by atoms with Crippen LogP contribution in [0.3, 0.4) is 0 Å². The molecule has 0 bridgehead atoms. The van der Waals surface area contributed by atoms with Gasteiger partial charge < -0.3 is 10.2 Å². The van der Waals surface area contributed by atoms with Crippen molar-refractivity contribution in [2.24, 2.45) is 0 Å². The molecule has 24 heavy (non-hydrogen) atoms. The van der Waals surface area contributed by atoms with Gasteiger partial charge in [-0.1, -0.05) is 12.8 Å². The molecular weight excluding hydrogens is 302 g/mol. The van der Waals surface area contributed by atoms with Gasteiger partial charge in [-0.15, -0.1) is 0 Å². The quantitative estimate of drug-likeness (QED) is 0.895. The molecule has 0 radical (unpaired) electrons. The smallest absolute Gasteiger partial charge is 0.318 e. The lowest BCUT2D eigenvalue weighted by Crippen LogP contribution is -2.49. The first-order valence-electron chi connectivity index (χ1n) is 9.61. The summed E-state index contributed by atoms with van der Waals surface area (Å²) in [5.74, 6) is 0. The molecule has 6 heteroatoms. The van der Waals surface area contributed by atoms with Gasteiger partial charge in [0.25, 0.3) is 0 Å². The number of nitrogens with zero attached hydrogens (tertiary/aromatic N) is 3. The number of carbonyl (C=O) groups is 1. The standard InChI is InChI=1S/C18H29N5O/c24-18(21-15-8-10-22(13-15)16-5-1-2-6-16)23-9-4-3-7-17(23)14-11-19-20-12-14/h11-12,15-17H,1-10,13H2,(H,19,20)(H,21,24)/t15-,17+/m1/s1. The fraction of sp³-hybridized carbons (Fsp3) is 0.778. The lowest BCUT2D eigenvalue weighted by atomic mass is 9.98. The van der Waals surface area contributed by atoms with Gasteiger partial charge in [0.1, 0.15) is 0 Å². The van der Waals surface area contributed by atoms with Crippen LogP contribution in [0.15, 0.2) is 12.4 Å². The van der Waals surface area contributed by atoms with E-state index >= 15 is 0 Å². The maximum absolute atomic E-state index is 12.9. The lowest BCUT2D eigenvalue weighted by molar-refractivity contribution is 0.147. The van der Waals surface area contributed by atoms with Crippen LogP contribution in [0.1, 0.15) is 63.0 Å². The minimum Gasteiger partial charge on any atom is -0.334 e. The van der Waals surface area contributed by atoms with Gasteiger partial charge in [-0.2, -0.15) is 5.10 Å². The summed E-state index contributed by atoms with van der Waals surface area (Å²) in [7, 11) is 0. The van der Waals surface area contributed by atoms with E-state index in [0.717, 1.165) is 50.5 Å². The van der Waals surface area contributed by atoms with E-state index in [1.165, 1.54) is 32.1 Å². The van der Waals surface area contributed by atoms with Crippen molar-refractivity contribution in [1.82, 2.24) is 25.3 Å². The van der Waals surface area contributed by atoms with E-state index in [2.05, 4.69) is 20.4 Å². The first-order chi connectivity index (χ1) is 11.8. The highest BCUT2D eigenvalue weighted by Crippen LogP contribution is 2.31. The number of hydrogen-bond acceptors (Lipinski definition) is 3. The molecule has 132 valence electrons. The number of amides is 2. The molecule has 1 aliphatic carbocycles. The molecule has 2 atom stereocenters. The second-order valence-corrected chi connectivity index (χ2v) is 7.60. The fourth-order valence-corrected chi connectivity index (χ4v) is 4.73. The normalized spacial score (nSPS) is 29.2. The van der Waals surface area contributed by atoms with Crippen molar-refractivity contribution in [3.8, 4) is 0 Å². The zero-order chi connectivity index (χ0) is 16.4. The molecule has 2 amide bonds. The van der Waals surface area contributed by atoms with Gasteiger partial charge in [-0.3, -0.25) is 10.00 Å². The molecule has 6 nitrogen and oxygen atoms in total. The summed E-state index contributed by atoms with van der Waals surface area (Å²) in [5.41, 5.74) is 1.13. The molecule has 3 fully saturated rings. The SMILES string of the molecule is O=C(N[C@@H]1CCN(C2CCCC2)C1)N1CCCC[C@H]1c1cn[nH]c1. The van der Waals surface area contributed by atoms with E-state index in [-0.39, 0.29) is 12.1 Å². The third-order valence-corrected chi connectivity index (χ3v) is 6.06. The van der Waals surface area contributed by atoms with E-state index in [0.29, 0.717) is 6.04 Å². The second kappa shape index (κ2) is 7.13. The van der Waals surface area contributed by atoms with Crippen molar-refractivity contribution >= 4 is 6.03 Å². The molecule has 2 saturated heterocycles. The number of urea groups is 1. The van der Waals surface area contributed by atoms with Crippen molar-refractivity contribution in [3.05, 3.63) is 18.0 Å². The lowest BCUT2D eigenvalue weighted by Gasteiger charge is -2.36. The second-order valence-electron chi connectivity index (χ2n) is 7.60. The summed E-state index contributed by atoms with van der Waals surface area (Å²) in [6.07, 6.45) is 13.6. The number of aromatic amines is 1. The topological polar surface area (TPSA) is 64.3 Å². The van der Waals surface area contributed by atoms with Crippen LogP contribution < -0.4 is 5.32 Å². The van der Waals surface area contributed by atoms with E-state index in [1.54, 1.807) is 0 Å². The highest BCUT2D eigenvalue weighted by Gasteiger charge is 2.33. The Morgan fingerprint density at radius 3 is 2.75 bits per heavy atom. The number of rotatable bonds is 3. The summed E-state index contributed by atoms with van der Waals surface area (Å²) in [5, 5.41) is 10.2. The Labute approximate surface area is 144 Å². The molecule has 3 heterocycles. The predicted octanol–water partition coefficient (Wildman–Crippen LogP) is 2.66. The summed E-state index contributed by atoms with van der Waals surface area (Å²) in [4.78, 5) is 17.5. The molecule has 1 aromatic rings. The molecule has 4 rings (SSSR count). The molecule has 1 aromatic heterocycles. The third-order valence-electron chi connectivity index (χ3n) is 6.06. The Balaban J connectivity index is 1.35. The van der Waals surface area contributed by atoms with Crippen LogP contribution >= 0.6 is 0 Å². The first-order valence-corrected chi connectivity index (χ1v) is 9.61. The average Bonchev–Trinajstić information content (AvgIpc) is 3.36. The Morgan fingerprint density at radius 2 is 1.96 bits per heavy atom. The largest absolute Gasteiger partial charge is 0.334 e.